The number of pyridine rings is 2. The maximum Gasteiger partial charge on any atom is 0.171 e. The average Bonchev–Trinajstić information content (AvgIpc) is 3.63. The molecule has 0 aliphatic carbocycles. The molecule has 6 aromatic rings. The minimum atomic E-state index is 0. The number of halogens is 2. The van der Waals surface area contributed by atoms with Gasteiger partial charge in [-0.2, -0.15) is 0 Å². The largest absolute Gasteiger partial charge is 1.00 e. The highest BCUT2D eigenvalue weighted by atomic mass is 79.9. The van der Waals surface area contributed by atoms with Crippen LogP contribution in [0, 0.1) is 0 Å². The summed E-state index contributed by atoms with van der Waals surface area (Å²) in [6.45, 7) is 2.40. The normalized spacial score (nSPS) is 10.3. The van der Waals surface area contributed by atoms with Gasteiger partial charge in [-0.15, -0.1) is 22.7 Å². The fourth-order valence-corrected chi connectivity index (χ4v) is 5.77. The third-order valence-electron chi connectivity index (χ3n) is 5.49. The lowest BCUT2D eigenvalue weighted by atomic mass is 10.3. The quantitative estimate of drug-likeness (QED) is 0.184. The van der Waals surface area contributed by atoms with Crippen molar-refractivity contribution in [1.29, 1.82) is 0 Å². The van der Waals surface area contributed by atoms with Crippen molar-refractivity contribution in [2.45, 2.75) is 6.54 Å². The zero-order valence-electron chi connectivity index (χ0n) is 22.2. The fourth-order valence-electron chi connectivity index (χ4n) is 3.51. The van der Waals surface area contributed by atoms with Crippen molar-refractivity contribution in [1.82, 2.24) is 15.0 Å². The van der Waals surface area contributed by atoms with Crippen molar-refractivity contribution in [3.8, 4) is 21.1 Å². The first kappa shape index (κ1) is 31.9. The van der Waals surface area contributed by atoms with E-state index in [1.165, 1.54) is 9.40 Å². The van der Waals surface area contributed by atoms with Gasteiger partial charge in [-0.25, -0.2) is 14.5 Å². The Bertz CT molecular complexity index is 1490. The molecule has 0 fully saturated rings. The highest BCUT2D eigenvalue weighted by molar-refractivity contribution is 9.09. The maximum absolute atomic E-state index is 5.07. The van der Waals surface area contributed by atoms with Crippen molar-refractivity contribution in [3.63, 3.8) is 0 Å². The number of hydrogen-bond donors (Lipinski definition) is 0. The summed E-state index contributed by atoms with van der Waals surface area (Å²) in [4.78, 5) is 13.2. The number of nitrogens with zero attached hydrogens (tertiary/aromatic N) is 4. The predicted molar refractivity (Wildman–Crippen MR) is 166 cm³/mol. The minimum absolute atomic E-state index is 0. The highest BCUT2D eigenvalue weighted by Crippen LogP contribution is 2.30. The number of benzene rings is 2. The lowest BCUT2D eigenvalue weighted by molar-refractivity contribution is -0.698. The van der Waals surface area contributed by atoms with Gasteiger partial charge in [0.05, 0.1) is 27.0 Å². The zero-order valence-corrected chi connectivity index (χ0v) is 27.0. The molecule has 6 rings (SSSR count). The van der Waals surface area contributed by atoms with Gasteiger partial charge in [-0.1, -0.05) is 40.2 Å². The van der Waals surface area contributed by atoms with Crippen LogP contribution in [0.3, 0.4) is 0 Å². The van der Waals surface area contributed by atoms with E-state index in [2.05, 4.69) is 82.9 Å². The van der Waals surface area contributed by atoms with E-state index in [4.69, 9.17) is 4.74 Å². The van der Waals surface area contributed by atoms with Gasteiger partial charge in [-0.05, 0) is 36.4 Å². The fraction of sp³-hybridized carbons (Fsp3) is 0.200. The SMILES string of the molecule is COCCBr.COCC[n+]1ccc(-c2nc3ccccc3s2)cc1.[Br-].c1ccc2sc(-c3ccncc3)nc2c1. The molecule has 4 heterocycles. The molecule has 40 heavy (non-hydrogen) atoms. The van der Waals surface area contributed by atoms with E-state index in [1.807, 2.05) is 42.5 Å². The summed E-state index contributed by atoms with van der Waals surface area (Å²) >= 11 is 6.63. The van der Waals surface area contributed by atoms with Gasteiger partial charge in [-0.3, -0.25) is 4.98 Å². The first-order valence-electron chi connectivity index (χ1n) is 12.4. The van der Waals surface area contributed by atoms with E-state index in [0.717, 1.165) is 57.3 Å². The van der Waals surface area contributed by atoms with Crippen molar-refractivity contribution < 1.29 is 31.0 Å². The lowest BCUT2D eigenvalue weighted by Gasteiger charge is -1.97. The lowest BCUT2D eigenvalue weighted by Crippen LogP contribution is -3.00. The summed E-state index contributed by atoms with van der Waals surface area (Å²) in [7, 11) is 3.40. The standard InChI is InChI=1S/C15H15N2OS.C12H8N2S.C3H7BrO.BrH/c1-18-11-10-17-8-6-12(7-9-17)15-16-13-4-2-3-5-14(13)19-15;1-2-4-11-10(3-1)14-12(15-11)9-5-7-13-8-6-9;1-5-3-2-4;/h2-9H,10-11H2,1H3;1-8H;2-3H2,1H3;1H/q+1;;;/p-1. The van der Waals surface area contributed by atoms with E-state index in [0.29, 0.717) is 0 Å². The van der Waals surface area contributed by atoms with Gasteiger partial charge in [0.1, 0.15) is 16.6 Å². The molecule has 0 aliphatic rings. The summed E-state index contributed by atoms with van der Waals surface area (Å²) in [6, 6.07) is 24.6. The van der Waals surface area contributed by atoms with Crippen LogP contribution in [-0.2, 0) is 16.0 Å². The molecule has 0 spiro atoms. The molecule has 0 aliphatic heterocycles. The predicted octanol–water partition coefficient (Wildman–Crippen LogP) is 4.29. The van der Waals surface area contributed by atoms with Crippen LogP contribution >= 0.6 is 38.6 Å². The smallest absolute Gasteiger partial charge is 0.171 e. The third-order valence-corrected chi connectivity index (χ3v) is 7.98. The second-order valence-electron chi connectivity index (χ2n) is 8.21. The van der Waals surface area contributed by atoms with Crippen molar-refractivity contribution in [2.24, 2.45) is 0 Å². The molecule has 0 saturated heterocycles. The molecule has 0 unspecified atom stereocenters. The number of thiazole rings is 2. The van der Waals surface area contributed by atoms with E-state index in [1.54, 1.807) is 49.3 Å². The first-order chi connectivity index (χ1) is 19.2. The molecule has 0 N–H and O–H groups in total. The zero-order chi connectivity index (χ0) is 27.3. The van der Waals surface area contributed by atoms with E-state index in [-0.39, 0.29) is 17.0 Å². The summed E-state index contributed by atoms with van der Waals surface area (Å²) in [6.07, 6.45) is 7.73. The second kappa shape index (κ2) is 17.3. The van der Waals surface area contributed by atoms with Crippen LogP contribution in [0.4, 0.5) is 0 Å². The molecule has 0 bridgehead atoms. The first-order valence-corrected chi connectivity index (χ1v) is 15.1. The Morgan fingerprint density at radius 1 is 0.700 bits per heavy atom. The molecular formula is C30H30Br2N4O2S2. The second-order valence-corrected chi connectivity index (χ2v) is 11.1. The van der Waals surface area contributed by atoms with Crippen LogP contribution in [0.1, 0.15) is 0 Å². The summed E-state index contributed by atoms with van der Waals surface area (Å²) in [5.41, 5.74) is 4.42. The molecular weight excluding hydrogens is 672 g/mol. The third kappa shape index (κ3) is 9.22. The van der Waals surface area contributed by atoms with Crippen molar-refractivity contribution in [2.75, 3.05) is 32.8 Å². The van der Waals surface area contributed by atoms with Crippen LogP contribution < -0.4 is 21.5 Å². The van der Waals surface area contributed by atoms with Crippen LogP contribution in [0.2, 0.25) is 0 Å². The van der Waals surface area contributed by atoms with E-state index in [9.17, 15) is 0 Å². The maximum atomic E-state index is 5.07. The summed E-state index contributed by atoms with van der Waals surface area (Å²) in [5.74, 6) is 0. The Morgan fingerprint density at radius 2 is 1.20 bits per heavy atom. The average molecular weight is 703 g/mol. The molecule has 208 valence electrons. The molecule has 6 nitrogen and oxygen atoms in total. The highest BCUT2D eigenvalue weighted by Gasteiger charge is 2.08. The van der Waals surface area contributed by atoms with Crippen LogP contribution in [0.5, 0.6) is 0 Å². The van der Waals surface area contributed by atoms with Gasteiger partial charge in [0.25, 0.3) is 0 Å². The van der Waals surface area contributed by atoms with Crippen LogP contribution in [-0.4, -0.2) is 47.7 Å². The topological polar surface area (TPSA) is 61.0 Å². The number of alkyl halides is 1. The number of methoxy groups -OCH3 is 2. The molecule has 0 saturated carbocycles. The molecule has 2 aromatic carbocycles. The van der Waals surface area contributed by atoms with Crippen molar-refractivity contribution >= 4 is 59.0 Å². The minimum Gasteiger partial charge on any atom is -1.00 e. The summed E-state index contributed by atoms with van der Waals surface area (Å²) in [5, 5.41) is 3.06. The van der Waals surface area contributed by atoms with Gasteiger partial charge in [0, 0.05) is 55.2 Å². The number of fused-ring (bicyclic) bond motifs is 2. The summed E-state index contributed by atoms with van der Waals surface area (Å²) < 4.78 is 14.3. The van der Waals surface area contributed by atoms with Gasteiger partial charge in [0.2, 0.25) is 0 Å². The Labute approximate surface area is 261 Å². The number of hydrogen-bond acceptors (Lipinski definition) is 7. The Hall–Kier alpha value is -2.60. The van der Waals surface area contributed by atoms with Gasteiger partial charge >= 0.3 is 0 Å². The van der Waals surface area contributed by atoms with Crippen LogP contribution in [0.25, 0.3) is 41.6 Å². The molecule has 0 amide bonds. The molecule has 0 radical (unpaired) electrons. The Balaban J connectivity index is 0.000000188. The van der Waals surface area contributed by atoms with Crippen molar-refractivity contribution in [3.05, 3.63) is 97.6 Å². The Kier molecular flexibility index (Phi) is 13.8. The molecule has 0 atom stereocenters. The van der Waals surface area contributed by atoms with Gasteiger partial charge in [0.15, 0.2) is 18.9 Å². The number of ether oxygens (including phenoxy) is 2. The monoisotopic (exact) mass is 700 g/mol. The van der Waals surface area contributed by atoms with E-state index >= 15 is 0 Å². The van der Waals surface area contributed by atoms with Crippen LogP contribution in [0.15, 0.2) is 97.6 Å². The number of aromatic nitrogens is 4. The Morgan fingerprint density at radius 3 is 1.65 bits per heavy atom. The molecule has 4 aromatic heterocycles. The number of para-hydroxylation sites is 2. The molecule has 10 heteroatoms. The van der Waals surface area contributed by atoms with E-state index < -0.39 is 0 Å². The number of rotatable bonds is 7. The van der Waals surface area contributed by atoms with Gasteiger partial charge < -0.3 is 26.5 Å².